The number of anilines is 1. The average molecular weight is 278 g/mol. The van der Waals surface area contributed by atoms with Gasteiger partial charge in [0, 0.05) is 24.9 Å². The molecule has 1 saturated heterocycles. The molecule has 0 saturated carbocycles. The smallest absolute Gasteiger partial charge is 0.258 e. The number of nitrogen functional groups attached to an aromatic ring is 1. The van der Waals surface area contributed by atoms with E-state index in [9.17, 15) is 4.79 Å². The van der Waals surface area contributed by atoms with Crippen molar-refractivity contribution in [2.45, 2.75) is 32.7 Å². The summed E-state index contributed by atoms with van der Waals surface area (Å²) in [6.45, 7) is 5.30. The minimum atomic E-state index is -0.0903. The number of aryl methyl sites for hydroxylation is 2. The molecule has 110 valence electrons. The number of carbonyl (C=O) groups excluding carboxylic acids is 1. The minimum absolute atomic E-state index is 0.0307. The molecular formula is C15H22N2O3. The highest BCUT2D eigenvalue weighted by Crippen LogP contribution is 2.25. The van der Waals surface area contributed by atoms with Gasteiger partial charge >= 0.3 is 0 Å². The molecule has 20 heavy (non-hydrogen) atoms. The summed E-state index contributed by atoms with van der Waals surface area (Å²) in [5, 5.41) is 2.97. The van der Waals surface area contributed by atoms with Gasteiger partial charge in [0.05, 0.1) is 0 Å². The Morgan fingerprint density at radius 1 is 1.35 bits per heavy atom. The Bertz CT molecular complexity index is 459. The lowest BCUT2D eigenvalue weighted by molar-refractivity contribution is -0.124. The maximum absolute atomic E-state index is 11.9. The maximum Gasteiger partial charge on any atom is 0.258 e. The van der Waals surface area contributed by atoms with E-state index in [1.54, 1.807) is 0 Å². The van der Waals surface area contributed by atoms with Crippen molar-refractivity contribution in [3.8, 4) is 5.75 Å². The maximum atomic E-state index is 11.9. The summed E-state index contributed by atoms with van der Waals surface area (Å²) in [6, 6.07) is 3.89. The largest absolute Gasteiger partial charge is 0.483 e. The Labute approximate surface area is 119 Å². The van der Waals surface area contributed by atoms with Crippen LogP contribution in [-0.4, -0.2) is 31.8 Å². The van der Waals surface area contributed by atoms with E-state index < -0.39 is 0 Å². The Morgan fingerprint density at radius 3 is 2.55 bits per heavy atom. The van der Waals surface area contributed by atoms with Crippen LogP contribution in [0.25, 0.3) is 0 Å². The molecular weight excluding hydrogens is 256 g/mol. The summed E-state index contributed by atoms with van der Waals surface area (Å²) < 4.78 is 10.9. The highest BCUT2D eigenvalue weighted by molar-refractivity contribution is 5.78. The third-order valence-corrected chi connectivity index (χ3v) is 3.42. The number of ether oxygens (including phenoxy) is 2. The second-order valence-corrected chi connectivity index (χ2v) is 5.23. The quantitative estimate of drug-likeness (QED) is 0.820. The number of nitrogens with one attached hydrogen (secondary N) is 1. The zero-order chi connectivity index (χ0) is 14.5. The zero-order valence-corrected chi connectivity index (χ0v) is 12.1. The average Bonchev–Trinajstić information content (AvgIpc) is 2.38. The van der Waals surface area contributed by atoms with Crippen molar-refractivity contribution >= 4 is 11.6 Å². The Morgan fingerprint density at radius 2 is 1.95 bits per heavy atom. The van der Waals surface area contributed by atoms with Gasteiger partial charge in [-0.1, -0.05) is 0 Å². The fourth-order valence-electron chi connectivity index (χ4n) is 2.46. The highest BCUT2D eigenvalue weighted by atomic mass is 16.5. The molecule has 1 aromatic rings. The second-order valence-electron chi connectivity index (χ2n) is 5.23. The number of rotatable bonds is 4. The van der Waals surface area contributed by atoms with E-state index in [4.69, 9.17) is 15.2 Å². The van der Waals surface area contributed by atoms with E-state index >= 15 is 0 Å². The van der Waals surface area contributed by atoms with E-state index in [-0.39, 0.29) is 18.6 Å². The van der Waals surface area contributed by atoms with Gasteiger partial charge in [0.1, 0.15) is 5.75 Å². The zero-order valence-electron chi connectivity index (χ0n) is 12.1. The van der Waals surface area contributed by atoms with Crippen molar-refractivity contribution in [1.29, 1.82) is 0 Å². The van der Waals surface area contributed by atoms with Crippen LogP contribution in [0.1, 0.15) is 24.0 Å². The molecule has 5 heteroatoms. The molecule has 0 aromatic heterocycles. The summed E-state index contributed by atoms with van der Waals surface area (Å²) in [5.74, 6) is 0.647. The highest BCUT2D eigenvalue weighted by Gasteiger charge is 2.16. The van der Waals surface area contributed by atoms with Gasteiger partial charge < -0.3 is 20.5 Å². The van der Waals surface area contributed by atoms with Gasteiger partial charge in [0.2, 0.25) is 0 Å². The molecule has 1 fully saturated rings. The van der Waals surface area contributed by atoms with Crippen LogP contribution in [-0.2, 0) is 9.53 Å². The third kappa shape index (κ3) is 3.87. The molecule has 0 bridgehead atoms. The number of nitrogens with two attached hydrogens (primary N) is 1. The SMILES string of the molecule is Cc1cc(N)cc(C)c1OCC(=O)NC1CCOCC1. The van der Waals surface area contributed by atoms with Crippen LogP contribution in [0.4, 0.5) is 5.69 Å². The molecule has 3 N–H and O–H groups in total. The van der Waals surface area contributed by atoms with Crippen molar-refractivity contribution in [3.05, 3.63) is 23.3 Å². The van der Waals surface area contributed by atoms with Crippen LogP contribution < -0.4 is 15.8 Å². The number of amides is 1. The molecule has 0 radical (unpaired) electrons. The molecule has 1 aliphatic heterocycles. The molecule has 5 nitrogen and oxygen atoms in total. The van der Waals surface area contributed by atoms with E-state index in [2.05, 4.69) is 5.32 Å². The van der Waals surface area contributed by atoms with E-state index in [0.29, 0.717) is 18.9 Å². The molecule has 1 aromatic carbocycles. The van der Waals surface area contributed by atoms with Crippen molar-refractivity contribution in [2.24, 2.45) is 0 Å². The van der Waals surface area contributed by atoms with E-state index in [1.807, 2.05) is 26.0 Å². The predicted octanol–water partition coefficient (Wildman–Crippen LogP) is 1.56. The molecule has 0 spiro atoms. The number of hydrogen-bond acceptors (Lipinski definition) is 4. The molecule has 1 heterocycles. The summed E-state index contributed by atoms with van der Waals surface area (Å²) in [7, 11) is 0. The fourth-order valence-corrected chi connectivity index (χ4v) is 2.46. The standard InChI is InChI=1S/C15H22N2O3/c1-10-7-12(16)8-11(2)15(10)20-9-14(18)17-13-3-5-19-6-4-13/h7-8,13H,3-6,9,16H2,1-2H3,(H,17,18). The summed E-state index contributed by atoms with van der Waals surface area (Å²) in [5.41, 5.74) is 8.36. The predicted molar refractivity (Wildman–Crippen MR) is 77.8 cm³/mol. The van der Waals surface area contributed by atoms with Gasteiger partial charge in [-0.3, -0.25) is 4.79 Å². The minimum Gasteiger partial charge on any atom is -0.483 e. The second kappa shape index (κ2) is 6.61. The fraction of sp³-hybridized carbons (Fsp3) is 0.533. The van der Waals surface area contributed by atoms with Crippen LogP contribution >= 0.6 is 0 Å². The van der Waals surface area contributed by atoms with Crippen LogP contribution in [0.15, 0.2) is 12.1 Å². The van der Waals surface area contributed by atoms with Crippen molar-refractivity contribution in [1.82, 2.24) is 5.32 Å². The Balaban J connectivity index is 1.87. The lowest BCUT2D eigenvalue weighted by atomic mass is 10.1. The lowest BCUT2D eigenvalue weighted by Crippen LogP contribution is -2.41. The Kier molecular flexibility index (Phi) is 4.84. The van der Waals surface area contributed by atoms with Gasteiger partial charge in [-0.15, -0.1) is 0 Å². The Hall–Kier alpha value is -1.75. The van der Waals surface area contributed by atoms with Crippen LogP contribution in [0.5, 0.6) is 5.75 Å². The summed E-state index contributed by atoms with van der Waals surface area (Å²) >= 11 is 0. The first-order chi connectivity index (χ1) is 9.56. The van der Waals surface area contributed by atoms with Crippen molar-refractivity contribution in [3.63, 3.8) is 0 Å². The lowest BCUT2D eigenvalue weighted by Gasteiger charge is -2.23. The van der Waals surface area contributed by atoms with Crippen molar-refractivity contribution < 1.29 is 14.3 Å². The first-order valence-corrected chi connectivity index (χ1v) is 6.93. The molecule has 0 aliphatic carbocycles. The number of benzene rings is 1. The summed E-state index contributed by atoms with van der Waals surface area (Å²) in [6.07, 6.45) is 1.73. The van der Waals surface area contributed by atoms with Gasteiger partial charge in [-0.05, 0) is 49.9 Å². The first-order valence-electron chi connectivity index (χ1n) is 6.93. The number of carbonyl (C=O) groups is 1. The summed E-state index contributed by atoms with van der Waals surface area (Å²) in [4.78, 5) is 11.9. The van der Waals surface area contributed by atoms with E-state index in [0.717, 1.165) is 29.7 Å². The monoisotopic (exact) mass is 278 g/mol. The van der Waals surface area contributed by atoms with Crippen molar-refractivity contribution in [2.75, 3.05) is 25.6 Å². The third-order valence-electron chi connectivity index (χ3n) is 3.42. The molecule has 1 aliphatic rings. The topological polar surface area (TPSA) is 73.6 Å². The normalized spacial score (nSPS) is 15.9. The van der Waals surface area contributed by atoms with Crippen LogP contribution in [0.2, 0.25) is 0 Å². The van der Waals surface area contributed by atoms with E-state index in [1.165, 1.54) is 0 Å². The van der Waals surface area contributed by atoms with Gasteiger partial charge in [0.25, 0.3) is 5.91 Å². The van der Waals surface area contributed by atoms with Crippen LogP contribution in [0, 0.1) is 13.8 Å². The number of hydrogen-bond donors (Lipinski definition) is 2. The van der Waals surface area contributed by atoms with Gasteiger partial charge in [0.15, 0.2) is 6.61 Å². The molecule has 2 rings (SSSR count). The van der Waals surface area contributed by atoms with Gasteiger partial charge in [-0.2, -0.15) is 0 Å². The van der Waals surface area contributed by atoms with Crippen LogP contribution in [0.3, 0.4) is 0 Å². The molecule has 1 amide bonds. The van der Waals surface area contributed by atoms with Gasteiger partial charge in [-0.25, -0.2) is 0 Å². The molecule has 0 atom stereocenters. The first kappa shape index (κ1) is 14.7. The molecule has 0 unspecified atom stereocenters.